The van der Waals surface area contributed by atoms with Crippen LogP contribution in [0.15, 0.2) is 16.5 Å². The Morgan fingerprint density at radius 1 is 1.40 bits per heavy atom. The van der Waals surface area contributed by atoms with Crippen LogP contribution >= 0.6 is 23.2 Å². The number of nitrogens with zero attached hydrogens (tertiary/aromatic N) is 1. The molecule has 0 saturated heterocycles. The molecule has 1 heterocycles. The number of fused-ring (bicyclic) bond motifs is 1. The van der Waals surface area contributed by atoms with Crippen molar-refractivity contribution in [1.29, 1.82) is 0 Å². The van der Waals surface area contributed by atoms with Crippen molar-refractivity contribution >= 4 is 40.3 Å². The number of halogens is 2. The quantitative estimate of drug-likeness (QED) is 0.895. The lowest BCUT2D eigenvalue weighted by atomic mass is 9.96. The fraction of sp³-hybridized carbons (Fsp3) is 0.429. The maximum Gasteiger partial charge on any atom is 0.307 e. The van der Waals surface area contributed by atoms with Crippen LogP contribution in [0.5, 0.6) is 0 Å². The van der Waals surface area contributed by atoms with Gasteiger partial charge in [-0.2, -0.15) is 0 Å². The minimum atomic E-state index is -0.800. The Bertz CT molecular complexity index is 682. The van der Waals surface area contributed by atoms with E-state index in [0.29, 0.717) is 39.4 Å². The number of carboxylic acids is 1. The molecule has 1 aromatic carbocycles. The molecule has 1 fully saturated rings. The maximum absolute atomic E-state index is 11.4. The van der Waals surface area contributed by atoms with E-state index >= 15 is 0 Å². The first-order chi connectivity index (χ1) is 9.45. The van der Waals surface area contributed by atoms with Crippen LogP contribution < -0.4 is 0 Å². The van der Waals surface area contributed by atoms with Crippen molar-refractivity contribution < 1.29 is 14.3 Å². The summed E-state index contributed by atoms with van der Waals surface area (Å²) < 4.78 is 5.70. The third kappa shape index (κ3) is 2.27. The summed E-state index contributed by atoms with van der Waals surface area (Å²) in [4.78, 5) is 15.7. The van der Waals surface area contributed by atoms with E-state index in [9.17, 15) is 9.90 Å². The molecule has 3 rings (SSSR count). The Labute approximate surface area is 125 Å². The number of carboxylic acid groups (broad SMARTS) is 1. The molecule has 106 valence electrons. The average Bonchev–Trinajstić information content (AvgIpc) is 2.92. The van der Waals surface area contributed by atoms with Gasteiger partial charge in [0.1, 0.15) is 5.52 Å². The molecule has 20 heavy (non-hydrogen) atoms. The van der Waals surface area contributed by atoms with Gasteiger partial charge in [-0.25, -0.2) is 4.98 Å². The molecule has 6 heteroatoms. The van der Waals surface area contributed by atoms with E-state index in [4.69, 9.17) is 27.6 Å². The molecule has 4 nitrogen and oxygen atoms in total. The molecule has 1 aliphatic carbocycles. The standard InChI is InChI=1S/C14H13Cl2NO3/c1-6-2-8(9(3-6)14(18)19)13-17-11-5-7(15)4-10(16)12(11)20-13/h4-6,8-9H,2-3H2,1H3,(H,18,19). The van der Waals surface area contributed by atoms with E-state index < -0.39 is 11.9 Å². The Balaban J connectivity index is 2.06. The molecule has 0 radical (unpaired) electrons. The van der Waals surface area contributed by atoms with Crippen LogP contribution in [0.2, 0.25) is 10.0 Å². The molecule has 0 bridgehead atoms. The monoisotopic (exact) mass is 313 g/mol. The zero-order chi connectivity index (χ0) is 14.4. The zero-order valence-corrected chi connectivity index (χ0v) is 12.3. The molecule has 0 spiro atoms. The second-order valence-electron chi connectivity index (χ2n) is 5.42. The molecule has 0 aliphatic heterocycles. The van der Waals surface area contributed by atoms with Gasteiger partial charge in [0, 0.05) is 10.9 Å². The normalized spacial score (nSPS) is 26.2. The molecule has 0 amide bonds. The van der Waals surface area contributed by atoms with Crippen LogP contribution in [0.4, 0.5) is 0 Å². The van der Waals surface area contributed by atoms with E-state index in [2.05, 4.69) is 4.98 Å². The first kappa shape index (κ1) is 13.7. The summed E-state index contributed by atoms with van der Waals surface area (Å²) in [6.07, 6.45) is 1.41. The van der Waals surface area contributed by atoms with Crippen molar-refractivity contribution in [2.24, 2.45) is 11.8 Å². The summed E-state index contributed by atoms with van der Waals surface area (Å²) in [5.41, 5.74) is 1.04. The van der Waals surface area contributed by atoms with Crippen molar-refractivity contribution in [3.63, 3.8) is 0 Å². The number of rotatable bonds is 2. The highest BCUT2D eigenvalue weighted by Gasteiger charge is 2.40. The minimum absolute atomic E-state index is 0.204. The van der Waals surface area contributed by atoms with Crippen molar-refractivity contribution in [3.05, 3.63) is 28.1 Å². The highest BCUT2D eigenvalue weighted by atomic mass is 35.5. The summed E-state index contributed by atoms with van der Waals surface area (Å²) in [7, 11) is 0. The van der Waals surface area contributed by atoms with Gasteiger partial charge in [-0.15, -0.1) is 0 Å². The van der Waals surface area contributed by atoms with Gasteiger partial charge in [0.25, 0.3) is 0 Å². The maximum atomic E-state index is 11.4. The lowest BCUT2D eigenvalue weighted by Crippen LogP contribution is -2.17. The van der Waals surface area contributed by atoms with Crippen molar-refractivity contribution in [1.82, 2.24) is 4.98 Å². The molecule has 2 aromatic rings. The lowest BCUT2D eigenvalue weighted by molar-refractivity contribution is -0.142. The lowest BCUT2D eigenvalue weighted by Gasteiger charge is -2.10. The second-order valence-corrected chi connectivity index (χ2v) is 6.26. The minimum Gasteiger partial charge on any atom is -0.481 e. The van der Waals surface area contributed by atoms with Gasteiger partial charge in [-0.05, 0) is 30.9 Å². The number of carbonyl (C=O) groups is 1. The Hall–Kier alpha value is -1.26. The highest BCUT2D eigenvalue weighted by molar-refractivity contribution is 6.37. The number of aromatic nitrogens is 1. The molecule has 3 unspecified atom stereocenters. The Morgan fingerprint density at radius 3 is 2.85 bits per heavy atom. The Morgan fingerprint density at radius 2 is 2.15 bits per heavy atom. The third-order valence-corrected chi connectivity index (χ3v) is 4.36. The SMILES string of the molecule is CC1CC(C(=O)O)C(c2nc3cc(Cl)cc(Cl)c3o2)C1. The molecule has 1 aromatic heterocycles. The van der Waals surface area contributed by atoms with Gasteiger partial charge in [-0.3, -0.25) is 4.79 Å². The van der Waals surface area contributed by atoms with Gasteiger partial charge >= 0.3 is 5.97 Å². The van der Waals surface area contributed by atoms with Crippen LogP contribution in [-0.2, 0) is 4.79 Å². The summed E-state index contributed by atoms with van der Waals surface area (Å²) in [6.45, 7) is 2.04. The summed E-state index contributed by atoms with van der Waals surface area (Å²) >= 11 is 12.0. The van der Waals surface area contributed by atoms with Gasteiger partial charge < -0.3 is 9.52 Å². The van der Waals surface area contributed by atoms with E-state index in [-0.39, 0.29) is 5.92 Å². The smallest absolute Gasteiger partial charge is 0.307 e. The first-order valence-electron chi connectivity index (χ1n) is 6.44. The molecule has 1 N–H and O–H groups in total. The molecule has 3 atom stereocenters. The van der Waals surface area contributed by atoms with Crippen LogP contribution in [0.3, 0.4) is 0 Å². The van der Waals surface area contributed by atoms with Crippen LogP contribution in [-0.4, -0.2) is 16.1 Å². The van der Waals surface area contributed by atoms with E-state index in [1.165, 1.54) is 0 Å². The van der Waals surface area contributed by atoms with Gasteiger partial charge in [0.15, 0.2) is 11.5 Å². The fourth-order valence-corrected chi connectivity index (χ4v) is 3.49. The van der Waals surface area contributed by atoms with Crippen molar-refractivity contribution in [2.75, 3.05) is 0 Å². The average molecular weight is 314 g/mol. The van der Waals surface area contributed by atoms with E-state index in [1.807, 2.05) is 6.92 Å². The molecular formula is C14H13Cl2NO3. The van der Waals surface area contributed by atoms with Crippen molar-refractivity contribution in [3.8, 4) is 0 Å². The largest absolute Gasteiger partial charge is 0.481 e. The number of hydrogen-bond acceptors (Lipinski definition) is 3. The third-order valence-electron chi connectivity index (χ3n) is 3.86. The van der Waals surface area contributed by atoms with Gasteiger partial charge in [-0.1, -0.05) is 30.1 Å². The van der Waals surface area contributed by atoms with Gasteiger partial charge in [0.2, 0.25) is 0 Å². The number of benzene rings is 1. The molecule has 1 aliphatic rings. The predicted molar refractivity (Wildman–Crippen MR) is 76.3 cm³/mol. The summed E-state index contributed by atoms with van der Waals surface area (Å²) in [5, 5.41) is 10.2. The first-order valence-corrected chi connectivity index (χ1v) is 7.19. The summed E-state index contributed by atoms with van der Waals surface area (Å²) in [5.74, 6) is -0.668. The van der Waals surface area contributed by atoms with E-state index in [1.54, 1.807) is 12.1 Å². The predicted octanol–water partition coefficient (Wildman–Crippen LogP) is 4.35. The topological polar surface area (TPSA) is 63.3 Å². The second kappa shape index (κ2) is 4.93. The van der Waals surface area contributed by atoms with Crippen LogP contribution in [0, 0.1) is 11.8 Å². The molecule has 1 saturated carbocycles. The van der Waals surface area contributed by atoms with Crippen LogP contribution in [0.25, 0.3) is 11.1 Å². The highest BCUT2D eigenvalue weighted by Crippen LogP contribution is 2.44. The summed E-state index contributed by atoms with van der Waals surface area (Å²) in [6, 6.07) is 3.26. The van der Waals surface area contributed by atoms with Crippen LogP contribution in [0.1, 0.15) is 31.6 Å². The zero-order valence-electron chi connectivity index (χ0n) is 10.8. The Kier molecular flexibility index (Phi) is 3.38. The van der Waals surface area contributed by atoms with Gasteiger partial charge in [0.05, 0.1) is 10.9 Å². The fourth-order valence-electron chi connectivity index (χ4n) is 2.97. The molecular weight excluding hydrogens is 301 g/mol. The number of hydrogen-bond donors (Lipinski definition) is 1. The number of aliphatic carboxylic acids is 1. The van der Waals surface area contributed by atoms with E-state index in [0.717, 1.165) is 6.42 Å². The van der Waals surface area contributed by atoms with Crippen molar-refractivity contribution in [2.45, 2.75) is 25.7 Å². The number of oxazole rings is 1.